The average Bonchev–Trinajstić information content (AvgIpc) is 3.20. The van der Waals surface area contributed by atoms with Crippen molar-refractivity contribution in [1.82, 2.24) is 29.5 Å². The number of benzene rings is 1. The van der Waals surface area contributed by atoms with Gasteiger partial charge in [-0.15, -0.1) is 10.2 Å². The minimum Gasteiger partial charge on any atom is -0.484 e. The Hall–Kier alpha value is -3.10. The third-order valence-corrected chi connectivity index (χ3v) is 6.00. The molecule has 1 aromatic heterocycles. The highest BCUT2D eigenvalue weighted by molar-refractivity contribution is 5.77. The number of rotatable bonds is 4. The van der Waals surface area contributed by atoms with Crippen molar-refractivity contribution in [2.75, 3.05) is 40.3 Å². The zero-order valence-corrected chi connectivity index (χ0v) is 18.5. The van der Waals surface area contributed by atoms with Crippen LogP contribution in [0.15, 0.2) is 24.3 Å². The lowest BCUT2D eigenvalue weighted by Crippen LogP contribution is -2.44. The van der Waals surface area contributed by atoms with Crippen molar-refractivity contribution in [2.24, 2.45) is 0 Å². The van der Waals surface area contributed by atoms with E-state index in [4.69, 9.17) is 4.74 Å². The number of nitrogens with zero attached hydrogens (tertiary/aromatic N) is 6. The van der Waals surface area contributed by atoms with Crippen LogP contribution in [-0.2, 0) is 17.9 Å². The number of likely N-dealkylation sites (tertiary alicyclic amines) is 1. The molecule has 4 rings (SSSR count). The largest absolute Gasteiger partial charge is 0.484 e. The molecule has 0 radical (unpaired) electrons. The van der Waals surface area contributed by atoms with Crippen LogP contribution in [0.5, 0.6) is 5.75 Å². The van der Waals surface area contributed by atoms with Gasteiger partial charge in [-0.05, 0) is 37.5 Å². The molecular formula is C22H30N6O3. The van der Waals surface area contributed by atoms with Crippen LogP contribution < -0.4 is 4.74 Å². The van der Waals surface area contributed by atoms with Crippen LogP contribution in [0.3, 0.4) is 0 Å². The molecule has 3 heterocycles. The Morgan fingerprint density at radius 2 is 1.87 bits per heavy atom. The maximum Gasteiger partial charge on any atom is 0.319 e. The third kappa shape index (κ3) is 4.65. The van der Waals surface area contributed by atoms with E-state index in [2.05, 4.69) is 14.8 Å². The summed E-state index contributed by atoms with van der Waals surface area (Å²) in [6, 6.07) is 7.75. The highest BCUT2D eigenvalue weighted by Crippen LogP contribution is 2.29. The predicted octanol–water partition coefficient (Wildman–Crippen LogP) is 1.87. The maximum absolute atomic E-state index is 12.6. The SMILES string of the molecule is Cc1cccc(OCC(=O)N2CCn3c(nnc3C3CCN(C(=O)N(C)C)CC3)C2)c1. The Kier molecular flexibility index (Phi) is 6.11. The predicted molar refractivity (Wildman–Crippen MR) is 115 cm³/mol. The summed E-state index contributed by atoms with van der Waals surface area (Å²) < 4.78 is 7.82. The maximum atomic E-state index is 12.6. The standard InChI is InChI=1S/C22H30N6O3/c1-16-5-4-6-18(13-16)31-15-20(29)27-11-12-28-19(14-27)23-24-21(28)17-7-9-26(10-8-17)22(30)25(2)3/h4-6,13,17H,7-12,14-15H2,1-3H3. The quantitative estimate of drug-likeness (QED) is 0.745. The Bertz CT molecular complexity index is 948. The number of hydrogen-bond donors (Lipinski definition) is 0. The van der Waals surface area contributed by atoms with Gasteiger partial charge in [0, 0.05) is 46.2 Å². The van der Waals surface area contributed by atoms with Crippen molar-refractivity contribution in [2.45, 2.75) is 38.8 Å². The van der Waals surface area contributed by atoms with E-state index in [1.165, 1.54) is 0 Å². The summed E-state index contributed by atoms with van der Waals surface area (Å²) >= 11 is 0. The first-order chi connectivity index (χ1) is 14.9. The molecule has 0 saturated carbocycles. The van der Waals surface area contributed by atoms with Gasteiger partial charge in [-0.25, -0.2) is 4.79 Å². The minimum absolute atomic E-state index is 0.0167. The summed E-state index contributed by atoms with van der Waals surface area (Å²) in [6.07, 6.45) is 1.76. The number of aromatic nitrogens is 3. The molecule has 2 aromatic rings. The third-order valence-electron chi connectivity index (χ3n) is 6.00. The molecule has 0 aliphatic carbocycles. The van der Waals surface area contributed by atoms with Gasteiger partial charge < -0.3 is 24.0 Å². The molecule has 31 heavy (non-hydrogen) atoms. The van der Waals surface area contributed by atoms with Crippen LogP contribution in [0.25, 0.3) is 0 Å². The number of carbonyl (C=O) groups is 2. The summed E-state index contributed by atoms with van der Waals surface area (Å²) in [5.74, 6) is 2.74. The number of fused-ring (bicyclic) bond motifs is 1. The first kappa shape index (κ1) is 21.1. The van der Waals surface area contributed by atoms with Gasteiger partial charge in [-0.3, -0.25) is 4.79 Å². The number of hydrogen-bond acceptors (Lipinski definition) is 5. The normalized spacial score (nSPS) is 16.7. The first-order valence-electron chi connectivity index (χ1n) is 10.8. The van der Waals surface area contributed by atoms with Crippen LogP contribution in [-0.4, -0.2) is 81.7 Å². The second kappa shape index (κ2) is 8.95. The summed E-state index contributed by atoms with van der Waals surface area (Å²) in [5.41, 5.74) is 1.10. The molecular weight excluding hydrogens is 396 g/mol. The summed E-state index contributed by atoms with van der Waals surface area (Å²) in [4.78, 5) is 30.1. The fraction of sp³-hybridized carbons (Fsp3) is 0.545. The molecule has 0 spiro atoms. The fourth-order valence-electron chi connectivity index (χ4n) is 4.25. The summed E-state index contributed by atoms with van der Waals surface area (Å²) in [6.45, 7) is 5.21. The molecule has 0 unspecified atom stereocenters. The fourth-order valence-corrected chi connectivity index (χ4v) is 4.25. The van der Waals surface area contributed by atoms with Crippen molar-refractivity contribution in [3.63, 3.8) is 0 Å². The smallest absolute Gasteiger partial charge is 0.319 e. The van der Waals surface area contributed by atoms with Crippen LogP contribution >= 0.6 is 0 Å². The van der Waals surface area contributed by atoms with E-state index in [1.807, 2.05) is 36.1 Å². The van der Waals surface area contributed by atoms with Crippen LogP contribution in [0.2, 0.25) is 0 Å². The van der Waals surface area contributed by atoms with E-state index in [9.17, 15) is 9.59 Å². The topological polar surface area (TPSA) is 83.8 Å². The number of carbonyl (C=O) groups excluding carboxylic acids is 2. The van der Waals surface area contributed by atoms with Gasteiger partial charge in [-0.2, -0.15) is 0 Å². The molecule has 0 atom stereocenters. The van der Waals surface area contributed by atoms with E-state index < -0.39 is 0 Å². The Balaban J connectivity index is 1.33. The van der Waals surface area contributed by atoms with Gasteiger partial charge in [-0.1, -0.05) is 12.1 Å². The second-order valence-corrected chi connectivity index (χ2v) is 8.48. The van der Waals surface area contributed by atoms with Crippen LogP contribution in [0.1, 0.15) is 36.0 Å². The van der Waals surface area contributed by atoms with E-state index in [0.717, 1.165) is 43.1 Å². The van der Waals surface area contributed by atoms with Crippen molar-refractivity contribution >= 4 is 11.9 Å². The van der Waals surface area contributed by atoms with Crippen LogP contribution in [0.4, 0.5) is 4.79 Å². The van der Waals surface area contributed by atoms with Gasteiger partial charge in [0.1, 0.15) is 11.6 Å². The summed E-state index contributed by atoms with van der Waals surface area (Å²) in [5, 5.41) is 8.82. The molecule has 2 aliphatic rings. The van der Waals surface area contributed by atoms with E-state index in [-0.39, 0.29) is 18.5 Å². The molecule has 9 heteroatoms. The highest BCUT2D eigenvalue weighted by Gasteiger charge is 2.31. The van der Waals surface area contributed by atoms with Gasteiger partial charge in [0.05, 0.1) is 6.54 Å². The average molecular weight is 427 g/mol. The Morgan fingerprint density at radius 1 is 1.10 bits per heavy atom. The van der Waals surface area contributed by atoms with Gasteiger partial charge in [0.25, 0.3) is 5.91 Å². The van der Waals surface area contributed by atoms with Gasteiger partial charge in [0.15, 0.2) is 12.4 Å². The van der Waals surface area contributed by atoms with E-state index in [1.54, 1.807) is 23.9 Å². The zero-order chi connectivity index (χ0) is 22.0. The molecule has 2 aliphatic heterocycles. The first-order valence-corrected chi connectivity index (χ1v) is 10.8. The molecule has 0 bridgehead atoms. The van der Waals surface area contributed by atoms with Crippen molar-refractivity contribution in [3.05, 3.63) is 41.5 Å². The number of amides is 3. The lowest BCUT2D eigenvalue weighted by molar-refractivity contribution is -0.134. The molecule has 9 nitrogen and oxygen atoms in total. The molecule has 0 N–H and O–H groups in total. The monoisotopic (exact) mass is 426 g/mol. The Labute approximate surface area is 182 Å². The lowest BCUT2D eigenvalue weighted by atomic mass is 9.96. The molecule has 1 saturated heterocycles. The van der Waals surface area contributed by atoms with Gasteiger partial charge >= 0.3 is 6.03 Å². The Morgan fingerprint density at radius 3 is 2.58 bits per heavy atom. The highest BCUT2D eigenvalue weighted by atomic mass is 16.5. The van der Waals surface area contributed by atoms with E-state index in [0.29, 0.717) is 31.3 Å². The van der Waals surface area contributed by atoms with Crippen molar-refractivity contribution in [1.29, 1.82) is 0 Å². The van der Waals surface area contributed by atoms with Gasteiger partial charge in [0.2, 0.25) is 0 Å². The molecule has 166 valence electrons. The second-order valence-electron chi connectivity index (χ2n) is 8.48. The molecule has 1 fully saturated rings. The van der Waals surface area contributed by atoms with Crippen molar-refractivity contribution < 1.29 is 14.3 Å². The van der Waals surface area contributed by atoms with E-state index >= 15 is 0 Å². The van der Waals surface area contributed by atoms with Crippen LogP contribution in [0, 0.1) is 6.92 Å². The lowest BCUT2D eigenvalue weighted by Gasteiger charge is -2.34. The number of urea groups is 1. The summed E-state index contributed by atoms with van der Waals surface area (Å²) in [7, 11) is 3.56. The zero-order valence-electron chi connectivity index (χ0n) is 18.5. The number of piperidine rings is 1. The minimum atomic E-state index is -0.0483. The molecule has 1 aromatic carbocycles. The van der Waals surface area contributed by atoms with Crippen molar-refractivity contribution in [3.8, 4) is 5.75 Å². The number of ether oxygens (including phenoxy) is 1. The molecule has 3 amide bonds. The number of aryl methyl sites for hydroxylation is 1.